The lowest BCUT2D eigenvalue weighted by molar-refractivity contribution is -0.162. The molecule has 0 aliphatic carbocycles. The molecule has 2 aliphatic heterocycles. The normalized spacial score (nSPS) is 26.2. The van der Waals surface area contributed by atoms with Crippen LogP contribution in [0, 0.1) is 11.8 Å². The molecule has 0 aromatic heterocycles. The Morgan fingerprint density at radius 3 is 1.39 bits per heavy atom. The second kappa shape index (κ2) is 9.56. The predicted octanol–water partition coefficient (Wildman–Crippen LogP) is 4.73. The third-order valence-corrected chi connectivity index (χ3v) is 19.6. The first-order valence-electron chi connectivity index (χ1n) is 11.5. The van der Waals surface area contributed by atoms with Crippen molar-refractivity contribution in [1.82, 2.24) is 9.13 Å². The first-order chi connectivity index (χ1) is 14.6. The van der Waals surface area contributed by atoms with Crippen LogP contribution in [-0.2, 0) is 19.2 Å². The minimum absolute atomic E-state index is 0.000934. The Morgan fingerprint density at radius 2 is 1.12 bits per heavy atom. The van der Waals surface area contributed by atoms with Gasteiger partial charge in [-0.05, 0) is 10.1 Å². The van der Waals surface area contributed by atoms with Crippen LogP contribution in [0.25, 0.3) is 0 Å². The summed E-state index contributed by atoms with van der Waals surface area (Å²) in [6.07, 6.45) is 0. The number of β-lactam (4-membered cyclic amide) rings is 2. The van der Waals surface area contributed by atoms with Gasteiger partial charge in [0.15, 0.2) is 22.3 Å². The molecule has 4 atom stereocenters. The minimum atomic E-state index is -2.05. The van der Waals surface area contributed by atoms with Crippen LogP contribution in [0.3, 0.4) is 0 Å². The molecule has 0 saturated carbocycles. The van der Waals surface area contributed by atoms with E-state index in [4.69, 9.17) is 5.11 Å². The number of carboxylic acid groups (broad SMARTS) is 1. The van der Waals surface area contributed by atoms with Gasteiger partial charge in [-0.3, -0.25) is 14.4 Å². The highest BCUT2D eigenvalue weighted by molar-refractivity contribution is 9.09. The molecule has 0 aromatic rings. The smallest absolute Gasteiger partial charge is 0.326 e. The van der Waals surface area contributed by atoms with Crippen LogP contribution in [0.4, 0.5) is 0 Å². The number of alkyl halides is 1. The summed E-state index contributed by atoms with van der Waals surface area (Å²) in [6.45, 7) is 24.7. The van der Waals surface area contributed by atoms with Gasteiger partial charge < -0.3 is 14.2 Å². The lowest BCUT2D eigenvalue weighted by Crippen LogP contribution is -2.74. The van der Waals surface area contributed by atoms with Crippen molar-refractivity contribution in [3.8, 4) is 0 Å². The predicted molar refractivity (Wildman–Crippen MR) is 140 cm³/mol. The number of amides is 2. The lowest BCUT2D eigenvalue weighted by Gasteiger charge is -2.57. The molecule has 0 bridgehead atoms. The number of nitrogens with zero attached hydrogens (tertiary/aromatic N) is 2. The van der Waals surface area contributed by atoms with Crippen LogP contribution in [0.5, 0.6) is 0 Å². The maximum Gasteiger partial charge on any atom is 0.326 e. The molecular formula is C23H43BrN2O5Si2. The number of rotatable bonds is 5. The van der Waals surface area contributed by atoms with Crippen molar-refractivity contribution >= 4 is 56.0 Å². The fourth-order valence-corrected chi connectivity index (χ4v) is 9.44. The van der Waals surface area contributed by atoms with Gasteiger partial charge in [-0.1, -0.05) is 97.5 Å². The highest BCUT2D eigenvalue weighted by Gasteiger charge is 2.59. The number of carboxylic acids is 1. The molecule has 2 aliphatic rings. The number of hydrogen-bond donors (Lipinski definition) is 1. The first kappa shape index (κ1) is 30.0. The molecule has 10 heteroatoms. The summed E-state index contributed by atoms with van der Waals surface area (Å²) in [5, 5.41) is 9.54. The van der Waals surface area contributed by atoms with E-state index in [-0.39, 0.29) is 45.6 Å². The second-order valence-electron chi connectivity index (χ2n) is 12.4. The highest BCUT2D eigenvalue weighted by atomic mass is 79.9. The Balaban J connectivity index is 0.000000331. The van der Waals surface area contributed by atoms with Gasteiger partial charge in [-0.15, -0.1) is 0 Å². The second-order valence-corrected chi connectivity index (χ2v) is 23.2. The standard InChI is InChI=1S/C12H22BrNO2Si.C11H21NO3Si/c1-8-10(9(15)7-13)14(11(8)16)17(5,6)12(2,3)4;1-7-8(10(14)15)12(9(7)13)16(5,6)11(2,3)4/h8,10H,7H2,1-6H3;7-8H,1-6H3,(H,14,15)/t8-,10+;7-,8+/m11/s1. The molecule has 2 rings (SSSR count). The SMILES string of the molecule is C[C@H]1C(=O)N([Si](C)(C)C(C)(C)C)[C@@H]1C(=O)CBr.C[C@H]1C(=O)N([Si](C)(C)C(C)(C)C)[C@@H]1C(=O)O. The number of carbonyl (C=O) groups excluding carboxylic acids is 3. The Hall–Kier alpha value is -1.01. The minimum Gasteiger partial charge on any atom is -0.480 e. The molecule has 2 saturated heterocycles. The first-order valence-corrected chi connectivity index (χ1v) is 18.6. The zero-order valence-corrected chi connectivity index (χ0v) is 26.0. The van der Waals surface area contributed by atoms with Crippen molar-refractivity contribution in [2.45, 2.75) is 104 Å². The van der Waals surface area contributed by atoms with Crippen molar-refractivity contribution in [1.29, 1.82) is 0 Å². The van der Waals surface area contributed by atoms with Crippen molar-refractivity contribution in [3.63, 3.8) is 0 Å². The topological polar surface area (TPSA) is 95.0 Å². The summed E-state index contributed by atoms with van der Waals surface area (Å²) >= 11 is 3.21. The van der Waals surface area contributed by atoms with E-state index in [1.165, 1.54) is 0 Å². The number of aliphatic carboxylic acids is 1. The lowest BCUT2D eigenvalue weighted by atomic mass is 9.90. The van der Waals surface area contributed by atoms with Gasteiger partial charge in [0.25, 0.3) is 0 Å². The zero-order chi connectivity index (χ0) is 26.5. The summed E-state index contributed by atoms with van der Waals surface area (Å²) in [5.41, 5.74) is 0. The largest absolute Gasteiger partial charge is 0.480 e. The third-order valence-electron chi connectivity index (χ3n) is 8.35. The fraction of sp³-hybridized carbons (Fsp3) is 0.826. The summed E-state index contributed by atoms with van der Waals surface area (Å²) in [6, 6.07) is -0.823. The van der Waals surface area contributed by atoms with E-state index in [1.54, 1.807) is 11.5 Å². The highest BCUT2D eigenvalue weighted by Crippen LogP contribution is 2.45. The molecule has 1 N–H and O–H groups in total. The van der Waals surface area contributed by atoms with Crippen molar-refractivity contribution < 1.29 is 24.3 Å². The van der Waals surface area contributed by atoms with E-state index in [0.29, 0.717) is 5.33 Å². The van der Waals surface area contributed by atoms with Gasteiger partial charge in [0.1, 0.15) is 6.04 Å². The Kier molecular flexibility index (Phi) is 8.70. The molecule has 2 heterocycles. The van der Waals surface area contributed by atoms with E-state index < -0.39 is 28.5 Å². The van der Waals surface area contributed by atoms with E-state index in [0.717, 1.165) is 0 Å². The monoisotopic (exact) mass is 562 g/mol. The van der Waals surface area contributed by atoms with E-state index in [2.05, 4.69) is 83.7 Å². The van der Waals surface area contributed by atoms with Gasteiger partial charge >= 0.3 is 5.97 Å². The molecular weight excluding hydrogens is 520 g/mol. The third kappa shape index (κ3) is 5.17. The number of hydrogen-bond acceptors (Lipinski definition) is 4. The van der Waals surface area contributed by atoms with Crippen LogP contribution in [-0.4, -0.2) is 71.7 Å². The van der Waals surface area contributed by atoms with Gasteiger partial charge in [0, 0.05) is 0 Å². The number of carbonyl (C=O) groups is 4. The molecule has 0 radical (unpaired) electrons. The molecule has 190 valence electrons. The van der Waals surface area contributed by atoms with Crippen molar-refractivity contribution in [2.75, 3.05) is 5.33 Å². The van der Waals surface area contributed by atoms with Gasteiger partial charge in [-0.25, -0.2) is 4.79 Å². The van der Waals surface area contributed by atoms with Gasteiger partial charge in [0.2, 0.25) is 11.8 Å². The van der Waals surface area contributed by atoms with Crippen molar-refractivity contribution in [3.05, 3.63) is 0 Å². The van der Waals surface area contributed by atoms with Gasteiger partial charge in [-0.2, -0.15) is 0 Å². The maximum atomic E-state index is 12.1. The van der Waals surface area contributed by atoms with Crippen LogP contribution >= 0.6 is 15.9 Å². The average Bonchev–Trinajstić information content (AvgIpc) is 2.65. The summed E-state index contributed by atoms with van der Waals surface area (Å²) in [5.74, 6) is -1.12. The number of halogens is 1. The molecule has 0 aromatic carbocycles. The van der Waals surface area contributed by atoms with Crippen LogP contribution < -0.4 is 0 Å². The average molecular weight is 564 g/mol. The van der Waals surface area contributed by atoms with Crippen LogP contribution in [0.1, 0.15) is 55.4 Å². The summed E-state index contributed by atoms with van der Waals surface area (Å²) in [7, 11) is -3.98. The Morgan fingerprint density at radius 1 is 0.818 bits per heavy atom. The summed E-state index contributed by atoms with van der Waals surface area (Å²) < 4.78 is 3.56. The molecule has 0 spiro atoms. The molecule has 33 heavy (non-hydrogen) atoms. The van der Waals surface area contributed by atoms with E-state index >= 15 is 0 Å². The molecule has 7 nitrogen and oxygen atoms in total. The number of Topliss-reactive ketones (excluding diaryl/α,β-unsaturated/α-hetero) is 1. The number of ketones is 1. The zero-order valence-electron chi connectivity index (χ0n) is 22.4. The van der Waals surface area contributed by atoms with Crippen LogP contribution in [0.2, 0.25) is 36.3 Å². The van der Waals surface area contributed by atoms with Gasteiger partial charge in [0.05, 0.1) is 23.2 Å². The quantitative estimate of drug-likeness (QED) is 0.297. The van der Waals surface area contributed by atoms with E-state index in [9.17, 15) is 19.2 Å². The Bertz CT molecular complexity index is 817. The molecule has 2 fully saturated rings. The Labute approximate surface area is 210 Å². The summed E-state index contributed by atoms with van der Waals surface area (Å²) in [4.78, 5) is 47.0. The maximum absolute atomic E-state index is 12.1. The van der Waals surface area contributed by atoms with Crippen molar-refractivity contribution in [2.24, 2.45) is 11.8 Å². The molecule has 0 unspecified atom stereocenters. The molecule has 2 amide bonds. The van der Waals surface area contributed by atoms with E-state index in [1.807, 2.05) is 11.5 Å². The fourth-order valence-electron chi connectivity index (χ4n) is 4.06. The van der Waals surface area contributed by atoms with Crippen LogP contribution in [0.15, 0.2) is 0 Å².